The summed E-state index contributed by atoms with van der Waals surface area (Å²) in [5.74, 6) is 2.79. The van der Waals surface area contributed by atoms with Crippen molar-refractivity contribution < 1.29 is 0 Å². The van der Waals surface area contributed by atoms with Crippen LogP contribution in [-0.4, -0.2) is 39.9 Å². The molecule has 0 spiro atoms. The lowest BCUT2D eigenvalue weighted by Crippen LogP contribution is -2.31. The molecule has 1 aromatic heterocycles. The molecule has 4 nitrogen and oxygen atoms in total. The van der Waals surface area contributed by atoms with Crippen molar-refractivity contribution in [1.82, 2.24) is 20.1 Å². The highest BCUT2D eigenvalue weighted by molar-refractivity contribution is 7.98. The second-order valence-corrected chi connectivity index (χ2v) is 5.31. The number of hydrogen-bond acceptors (Lipinski definition) is 4. The molecule has 0 radical (unpaired) electrons. The molecule has 0 aliphatic heterocycles. The molecule has 0 saturated carbocycles. The number of aromatic nitrogens is 3. The van der Waals surface area contributed by atoms with E-state index in [9.17, 15) is 0 Å². The minimum absolute atomic E-state index is 0.477. The van der Waals surface area contributed by atoms with E-state index in [1.54, 1.807) is 6.33 Å². The third-order valence-electron chi connectivity index (χ3n) is 2.44. The Labute approximate surface area is 102 Å². The van der Waals surface area contributed by atoms with Gasteiger partial charge in [-0.05, 0) is 19.2 Å². The van der Waals surface area contributed by atoms with Crippen LogP contribution in [0, 0.1) is 5.92 Å². The summed E-state index contributed by atoms with van der Waals surface area (Å²) in [4.78, 5) is 4.34. The van der Waals surface area contributed by atoms with Gasteiger partial charge in [0, 0.05) is 24.8 Å². The molecule has 92 valence electrons. The van der Waals surface area contributed by atoms with Gasteiger partial charge in [0.25, 0.3) is 0 Å². The summed E-state index contributed by atoms with van der Waals surface area (Å²) < 4.78 is 2.02. The zero-order chi connectivity index (χ0) is 12.0. The van der Waals surface area contributed by atoms with Gasteiger partial charge in [-0.25, -0.2) is 9.67 Å². The standard InChI is InChI=1S/C11H22N4S/c1-9(2)6-15-11(13-8-14-15)5-10(12-3)7-16-4/h8-10,12H,5-7H2,1-4H3. The van der Waals surface area contributed by atoms with Crippen LogP contribution in [0.1, 0.15) is 19.7 Å². The predicted molar refractivity (Wildman–Crippen MR) is 69.8 cm³/mol. The highest BCUT2D eigenvalue weighted by atomic mass is 32.2. The smallest absolute Gasteiger partial charge is 0.138 e. The first-order valence-electron chi connectivity index (χ1n) is 5.70. The summed E-state index contributed by atoms with van der Waals surface area (Å²) in [5, 5.41) is 7.59. The van der Waals surface area contributed by atoms with Crippen LogP contribution in [0.5, 0.6) is 0 Å². The summed E-state index contributed by atoms with van der Waals surface area (Å²) >= 11 is 1.86. The predicted octanol–water partition coefficient (Wildman–Crippen LogP) is 1.43. The van der Waals surface area contributed by atoms with E-state index in [0.29, 0.717) is 12.0 Å². The number of thioether (sulfide) groups is 1. The quantitative estimate of drug-likeness (QED) is 0.785. The van der Waals surface area contributed by atoms with Crippen molar-refractivity contribution in [1.29, 1.82) is 0 Å². The average molecular weight is 242 g/mol. The molecule has 0 saturated heterocycles. The van der Waals surface area contributed by atoms with Gasteiger partial charge in [-0.2, -0.15) is 16.9 Å². The molecule has 0 aliphatic carbocycles. The maximum atomic E-state index is 4.34. The van der Waals surface area contributed by atoms with Gasteiger partial charge in [-0.3, -0.25) is 0 Å². The molecule has 1 N–H and O–H groups in total. The van der Waals surface area contributed by atoms with Crippen molar-refractivity contribution in [3.63, 3.8) is 0 Å². The third kappa shape index (κ3) is 4.14. The van der Waals surface area contributed by atoms with Crippen LogP contribution in [0.15, 0.2) is 6.33 Å². The number of hydrogen-bond donors (Lipinski definition) is 1. The van der Waals surface area contributed by atoms with E-state index in [1.165, 1.54) is 0 Å². The molecule has 0 aromatic carbocycles. The first-order chi connectivity index (χ1) is 7.67. The van der Waals surface area contributed by atoms with Crippen molar-refractivity contribution in [2.24, 2.45) is 5.92 Å². The fourth-order valence-corrected chi connectivity index (χ4v) is 2.30. The molecule has 0 fully saturated rings. The van der Waals surface area contributed by atoms with Gasteiger partial charge >= 0.3 is 0 Å². The summed E-state index contributed by atoms with van der Waals surface area (Å²) in [6.45, 7) is 5.34. The number of nitrogens with one attached hydrogen (secondary N) is 1. The van der Waals surface area contributed by atoms with Gasteiger partial charge in [0.15, 0.2) is 0 Å². The number of nitrogens with zero attached hydrogens (tertiary/aromatic N) is 3. The Kier molecular flexibility index (Phi) is 5.84. The van der Waals surface area contributed by atoms with Crippen molar-refractivity contribution in [2.75, 3.05) is 19.1 Å². The first kappa shape index (κ1) is 13.5. The minimum atomic E-state index is 0.477. The molecule has 1 unspecified atom stereocenters. The number of rotatable bonds is 7. The second kappa shape index (κ2) is 6.91. The Bertz CT molecular complexity index is 298. The summed E-state index contributed by atoms with van der Waals surface area (Å²) in [5.41, 5.74) is 0. The fraction of sp³-hybridized carbons (Fsp3) is 0.818. The Hall–Kier alpha value is -0.550. The van der Waals surface area contributed by atoms with Crippen LogP contribution in [0.3, 0.4) is 0 Å². The van der Waals surface area contributed by atoms with Gasteiger partial charge in [-0.1, -0.05) is 13.8 Å². The van der Waals surface area contributed by atoms with Crippen molar-refractivity contribution in [2.45, 2.75) is 32.9 Å². The number of likely N-dealkylation sites (N-methyl/N-ethyl adjacent to an activating group) is 1. The average Bonchev–Trinajstić information content (AvgIpc) is 2.64. The molecule has 16 heavy (non-hydrogen) atoms. The lowest BCUT2D eigenvalue weighted by Gasteiger charge is -2.15. The highest BCUT2D eigenvalue weighted by Gasteiger charge is 2.12. The summed E-state index contributed by atoms with van der Waals surface area (Å²) in [7, 11) is 2.00. The van der Waals surface area contributed by atoms with E-state index in [4.69, 9.17) is 0 Å². The molecule has 0 bridgehead atoms. The zero-order valence-electron chi connectivity index (χ0n) is 10.6. The van der Waals surface area contributed by atoms with Crippen LogP contribution in [-0.2, 0) is 13.0 Å². The highest BCUT2D eigenvalue weighted by Crippen LogP contribution is 2.06. The van der Waals surface area contributed by atoms with E-state index in [1.807, 2.05) is 23.5 Å². The molecule has 5 heteroatoms. The molecule has 0 aliphatic rings. The van der Waals surface area contributed by atoms with Crippen LogP contribution >= 0.6 is 11.8 Å². The Morgan fingerprint density at radius 2 is 2.25 bits per heavy atom. The Morgan fingerprint density at radius 3 is 2.81 bits per heavy atom. The topological polar surface area (TPSA) is 42.7 Å². The van der Waals surface area contributed by atoms with Gasteiger partial charge in [0.2, 0.25) is 0 Å². The maximum absolute atomic E-state index is 4.34. The van der Waals surface area contributed by atoms with Crippen LogP contribution in [0.4, 0.5) is 0 Å². The van der Waals surface area contributed by atoms with Crippen molar-refractivity contribution >= 4 is 11.8 Å². The first-order valence-corrected chi connectivity index (χ1v) is 7.09. The van der Waals surface area contributed by atoms with E-state index in [0.717, 1.165) is 24.5 Å². The van der Waals surface area contributed by atoms with E-state index in [-0.39, 0.29) is 0 Å². The molecule has 0 amide bonds. The van der Waals surface area contributed by atoms with E-state index >= 15 is 0 Å². The molecule has 1 rings (SSSR count). The lowest BCUT2D eigenvalue weighted by atomic mass is 10.2. The Morgan fingerprint density at radius 1 is 1.50 bits per heavy atom. The third-order valence-corrected chi connectivity index (χ3v) is 3.17. The van der Waals surface area contributed by atoms with E-state index in [2.05, 4.69) is 35.5 Å². The van der Waals surface area contributed by atoms with Crippen LogP contribution in [0.25, 0.3) is 0 Å². The molecule has 1 aromatic rings. The molecular formula is C11H22N4S. The maximum Gasteiger partial charge on any atom is 0.138 e. The molecular weight excluding hydrogens is 220 g/mol. The van der Waals surface area contributed by atoms with Crippen LogP contribution in [0.2, 0.25) is 0 Å². The molecule has 1 atom stereocenters. The monoisotopic (exact) mass is 242 g/mol. The zero-order valence-corrected chi connectivity index (χ0v) is 11.4. The second-order valence-electron chi connectivity index (χ2n) is 4.40. The van der Waals surface area contributed by atoms with Gasteiger partial charge in [0.05, 0.1) is 0 Å². The van der Waals surface area contributed by atoms with Crippen LogP contribution < -0.4 is 5.32 Å². The molecule has 1 heterocycles. The normalized spacial score (nSPS) is 13.3. The van der Waals surface area contributed by atoms with Crippen molar-refractivity contribution in [3.05, 3.63) is 12.2 Å². The van der Waals surface area contributed by atoms with Gasteiger partial charge in [0.1, 0.15) is 12.2 Å². The lowest BCUT2D eigenvalue weighted by molar-refractivity contribution is 0.455. The van der Waals surface area contributed by atoms with Gasteiger partial charge < -0.3 is 5.32 Å². The SMILES string of the molecule is CNC(CSC)Cc1ncnn1CC(C)C. The van der Waals surface area contributed by atoms with E-state index < -0.39 is 0 Å². The summed E-state index contributed by atoms with van der Waals surface area (Å²) in [6.07, 6.45) is 4.73. The summed E-state index contributed by atoms with van der Waals surface area (Å²) in [6, 6.07) is 0.477. The Balaban J connectivity index is 2.61. The minimum Gasteiger partial charge on any atom is -0.316 e. The fourth-order valence-electron chi connectivity index (χ4n) is 1.61. The largest absolute Gasteiger partial charge is 0.316 e. The van der Waals surface area contributed by atoms with Crippen molar-refractivity contribution in [3.8, 4) is 0 Å². The van der Waals surface area contributed by atoms with Gasteiger partial charge in [-0.15, -0.1) is 0 Å².